The SMILES string of the molecule is CCN(c1ccc(N)cc1)C(F)(F)F. The van der Waals surface area contributed by atoms with Crippen molar-refractivity contribution in [3.05, 3.63) is 24.3 Å². The van der Waals surface area contributed by atoms with Gasteiger partial charge in [0.15, 0.2) is 0 Å². The fourth-order valence-electron chi connectivity index (χ4n) is 1.16. The summed E-state index contributed by atoms with van der Waals surface area (Å²) in [5, 5.41) is 0. The van der Waals surface area contributed by atoms with E-state index >= 15 is 0 Å². The van der Waals surface area contributed by atoms with Crippen molar-refractivity contribution in [2.45, 2.75) is 13.2 Å². The summed E-state index contributed by atoms with van der Waals surface area (Å²) in [6.45, 7) is 1.33. The Kier molecular flexibility index (Phi) is 2.88. The lowest BCUT2D eigenvalue weighted by Crippen LogP contribution is -2.37. The first-order valence-corrected chi connectivity index (χ1v) is 4.15. The van der Waals surface area contributed by atoms with Gasteiger partial charge in [-0.2, -0.15) is 13.2 Å². The molecule has 0 saturated heterocycles. The number of nitrogen functional groups attached to an aromatic ring is 1. The number of anilines is 2. The Morgan fingerprint density at radius 1 is 1.21 bits per heavy atom. The van der Waals surface area contributed by atoms with Gasteiger partial charge in [-0.3, -0.25) is 4.90 Å². The topological polar surface area (TPSA) is 29.3 Å². The third-order valence-corrected chi connectivity index (χ3v) is 1.83. The quantitative estimate of drug-likeness (QED) is 0.592. The third kappa shape index (κ3) is 2.31. The summed E-state index contributed by atoms with van der Waals surface area (Å²) in [5.41, 5.74) is 5.93. The number of hydrogen-bond donors (Lipinski definition) is 1. The van der Waals surface area contributed by atoms with Crippen LogP contribution in [0.2, 0.25) is 0 Å². The van der Waals surface area contributed by atoms with Gasteiger partial charge in [0.25, 0.3) is 0 Å². The first kappa shape index (κ1) is 10.7. The van der Waals surface area contributed by atoms with Gasteiger partial charge >= 0.3 is 6.30 Å². The summed E-state index contributed by atoms with van der Waals surface area (Å²) in [4.78, 5) is 0.354. The van der Waals surface area contributed by atoms with E-state index < -0.39 is 6.30 Å². The monoisotopic (exact) mass is 204 g/mol. The van der Waals surface area contributed by atoms with Gasteiger partial charge in [0.2, 0.25) is 0 Å². The van der Waals surface area contributed by atoms with Crippen LogP contribution in [0.1, 0.15) is 6.92 Å². The lowest BCUT2D eigenvalue weighted by atomic mass is 10.2. The molecule has 1 aromatic carbocycles. The number of rotatable bonds is 2. The zero-order valence-corrected chi connectivity index (χ0v) is 7.67. The maximum Gasteiger partial charge on any atom is 0.484 e. The lowest BCUT2D eigenvalue weighted by Gasteiger charge is -2.25. The fourth-order valence-corrected chi connectivity index (χ4v) is 1.16. The summed E-state index contributed by atoms with van der Waals surface area (Å²) in [6, 6.07) is 5.60. The second kappa shape index (κ2) is 3.77. The largest absolute Gasteiger partial charge is 0.484 e. The summed E-state index contributed by atoms with van der Waals surface area (Å²) in [5.74, 6) is 0. The standard InChI is InChI=1S/C9H11F3N2/c1-2-14(9(10,11)12)8-5-3-7(13)4-6-8/h3-6H,2,13H2,1H3. The van der Waals surface area contributed by atoms with Crippen LogP contribution in [-0.4, -0.2) is 12.8 Å². The molecule has 0 aliphatic heterocycles. The summed E-state index contributed by atoms with van der Waals surface area (Å²) in [7, 11) is 0. The molecule has 0 bridgehead atoms. The Bertz CT molecular complexity index is 292. The molecule has 0 heterocycles. The Morgan fingerprint density at radius 2 is 1.71 bits per heavy atom. The summed E-state index contributed by atoms with van der Waals surface area (Å²) < 4.78 is 37.2. The van der Waals surface area contributed by atoms with E-state index in [1.54, 1.807) is 0 Å². The molecule has 5 heteroatoms. The van der Waals surface area contributed by atoms with Crippen LogP contribution in [0.15, 0.2) is 24.3 Å². The van der Waals surface area contributed by atoms with Crippen LogP contribution in [0.3, 0.4) is 0 Å². The van der Waals surface area contributed by atoms with Crippen LogP contribution in [0.4, 0.5) is 24.5 Å². The first-order chi connectivity index (χ1) is 6.45. The van der Waals surface area contributed by atoms with E-state index in [4.69, 9.17) is 5.73 Å². The number of halogens is 3. The highest BCUT2D eigenvalue weighted by atomic mass is 19.4. The van der Waals surface area contributed by atoms with E-state index in [9.17, 15) is 13.2 Å². The molecule has 1 rings (SSSR count). The van der Waals surface area contributed by atoms with Gasteiger partial charge in [-0.25, -0.2) is 0 Å². The van der Waals surface area contributed by atoms with Crippen LogP contribution in [0, 0.1) is 0 Å². The molecule has 0 saturated carbocycles. The number of hydrogen-bond acceptors (Lipinski definition) is 2. The molecule has 0 aromatic heterocycles. The van der Waals surface area contributed by atoms with Crippen molar-refractivity contribution in [3.63, 3.8) is 0 Å². The van der Waals surface area contributed by atoms with Crippen LogP contribution >= 0.6 is 0 Å². The molecule has 0 atom stereocenters. The van der Waals surface area contributed by atoms with Crippen molar-refractivity contribution in [1.29, 1.82) is 0 Å². The molecule has 0 aliphatic rings. The van der Waals surface area contributed by atoms with E-state index in [1.165, 1.54) is 31.2 Å². The van der Waals surface area contributed by atoms with Gasteiger partial charge in [-0.05, 0) is 31.2 Å². The predicted molar refractivity (Wildman–Crippen MR) is 49.9 cm³/mol. The van der Waals surface area contributed by atoms with Gasteiger partial charge < -0.3 is 5.73 Å². The average molecular weight is 204 g/mol. The van der Waals surface area contributed by atoms with Crippen molar-refractivity contribution in [3.8, 4) is 0 Å². The molecule has 0 aliphatic carbocycles. The molecule has 2 nitrogen and oxygen atoms in total. The van der Waals surface area contributed by atoms with E-state index in [2.05, 4.69) is 0 Å². The maximum absolute atomic E-state index is 12.4. The third-order valence-electron chi connectivity index (χ3n) is 1.83. The molecule has 1 aromatic rings. The Labute approximate surface area is 80.1 Å². The molecular formula is C9H11F3N2. The fraction of sp³-hybridized carbons (Fsp3) is 0.333. The van der Waals surface area contributed by atoms with E-state index in [0.717, 1.165) is 0 Å². The Hall–Kier alpha value is -1.39. The minimum Gasteiger partial charge on any atom is -0.399 e. The minimum absolute atomic E-state index is 0.106. The minimum atomic E-state index is -4.34. The molecule has 2 N–H and O–H groups in total. The summed E-state index contributed by atoms with van der Waals surface area (Å²) in [6.07, 6.45) is -4.34. The highest BCUT2D eigenvalue weighted by Crippen LogP contribution is 2.28. The van der Waals surface area contributed by atoms with Gasteiger partial charge in [-0.1, -0.05) is 0 Å². The highest BCUT2D eigenvalue weighted by Gasteiger charge is 2.36. The number of nitrogens with zero attached hydrogens (tertiary/aromatic N) is 1. The van der Waals surface area contributed by atoms with Crippen molar-refractivity contribution in [2.75, 3.05) is 17.2 Å². The van der Waals surface area contributed by atoms with E-state index in [0.29, 0.717) is 10.6 Å². The number of alkyl halides is 3. The van der Waals surface area contributed by atoms with Crippen LogP contribution in [0.25, 0.3) is 0 Å². The zero-order valence-electron chi connectivity index (χ0n) is 7.67. The maximum atomic E-state index is 12.4. The normalized spacial score (nSPS) is 11.4. The smallest absolute Gasteiger partial charge is 0.399 e. The van der Waals surface area contributed by atoms with Crippen LogP contribution in [0.5, 0.6) is 0 Å². The molecule has 0 spiro atoms. The van der Waals surface area contributed by atoms with Crippen molar-refractivity contribution in [2.24, 2.45) is 0 Å². The molecule has 0 fully saturated rings. The number of benzene rings is 1. The molecule has 14 heavy (non-hydrogen) atoms. The molecule has 0 unspecified atom stereocenters. The Balaban J connectivity index is 2.96. The lowest BCUT2D eigenvalue weighted by molar-refractivity contribution is -0.128. The average Bonchev–Trinajstić information content (AvgIpc) is 2.07. The van der Waals surface area contributed by atoms with E-state index in [1.807, 2.05) is 0 Å². The Morgan fingerprint density at radius 3 is 2.07 bits per heavy atom. The van der Waals surface area contributed by atoms with Crippen molar-refractivity contribution >= 4 is 11.4 Å². The first-order valence-electron chi connectivity index (χ1n) is 4.15. The van der Waals surface area contributed by atoms with Crippen molar-refractivity contribution < 1.29 is 13.2 Å². The second-order valence-corrected chi connectivity index (χ2v) is 2.80. The zero-order chi connectivity index (χ0) is 10.8. The van der Waals surface area contributed by atoms with Gasteiger partial charge in [0, 0.05) is 17.9 Å². The number of nitrogens with two attached hydrogens (primary N) is 1. The van der Waals surface area contributed by atoms with E-state index in [-0.39, 0.29) is 12.2 Å². The predicted octanol–water partition coefficient (Wildman–Crippen LogP) is 2.61. The van der Waals surface area contributed by atoms with Gasteiger partial charge in [0.05, 0.1) is 0 Å². The van der Waals surface area contributed by atoms with Crippen molar-refractivity contribution in [1.82, 2.24) is 0 Å². The van der Waals surface area contributed by atoms with Gasteiger partial charge in [0.1, 0.15) is 0 Å². The van der Waals surface area contributed by atoms with Gasteiger partial charge in [-0.15, -0.1) is 0 Å². The second-order valence-electron chi connectivity index (χ2n) is 2.80. The molecule has 0 amide bonds. The molecule has 78 valence electrons. The van der Waals surface area contributed by atoms with Crippen LogP contribution in [-0.2, 0) is 0 Å². The summed E-state index contributed by atoms with van der Waals surface area (Å²) >= 11 is 0. The van der Waals surface area contributed by atoms with Crippen LogP contribution < -0.4 is 10.6 Å². The molecule has 0 radical (unpaired) electrons. The highest BCUT2D eigenvalue weighted by molar-refractivity contribution is 5.53. The molecular weight excluding hydrogens is 193 g/mol.